The molecule has 1 rings (SSSR count). The second kappa shape index (κ2) is 5.50. The molecule has 0 radical (unpaired) electrons. The van der Waals surface area contributed by atoms with E-state index < -0.39 is 10.5 Å². The lowest BCUT2D eigenvalue weighted by Gasteiger charge is -2.04. The highest BCUT2D eigenvalue weighted by Crippen LogP contribution is 2.17. The van der Waals surface area contributed by atoms with Crippen LogP contribution in [0.2, 0.25) is 0 Å². The van der Waals surface area contributed by atoms with Gasteiger partial charge in [0.25, 0.3) is 10.5 Å². The van der Waals surface area contributed by atoms with Gasteiger partial charge < -0.3 is 4.74 Å². The molecule has 0 spiro atoms. The Morgan fingerprint density at radius 1 is 1.31 bits per heavy atom. The molecule has 82 valence electrons. The maximum Gasteiger partial charge on any atom is 0.270 e. The summed E-state index contributed by atoms with van der Waals surface area (Å²) in [5, 5.41) is -1.63. The van der Waals surface area contributed by atoms with Crippen molar-refractivity contribution in [3.05, 3.63) is 23.5 Å². The van der Waals surface area contributed by atoms with Crippen LogP contribution in [-0.4, -0.2) is 22.1 Å². The second-order valence-electron chi connectivity index (χ2n) is 2.61. The third-order valence-electron chi connectivity index (χ3n) is 1.52. The molecule has 0 aliphatic heterocycles. The van der Waals surface area contributed by atoms with Gasteiger partial charge >= 0.3 is 0 Å². The summed E-state index contributed by atoms with van der Waals surface area (Å²) < 4.78 is 5.04. The maximum absolute atomic E-state index is 10.9. The van der Waals surface area contributed by atoms with Crippen molar-refractivity contribution < 1.29 is 14.3 Å². The molecule has 0 saturated heterocycles. The van der Waals surface area contributed by atoms with Gasteiger partial charge in [0, 0.05) is 12.1 Å². The van der Waals surface area contributed by atoms with Gasteiger partial charge in [0.2, 0.25) is 0 Å². The van der Waals surface area contributed by atoms with Crippen molar-refractivity contribution in [1.29, 1.82) is 0 Å². The number of aromatic nitrogens is 1. The van der Waals surface area contributed by atoms with Gasteiger partial charge in [-0.1, -0.05) is 5.92 Å². The van der Waals surface area contributed by atoms with Crippen LogP contribution >= 0.6 is 23.2 Å². The first-order valence-corrected chi connectivity index (χ1v) is 4.78. The molecule has 1 heterocycles. The lowest BCUT2D eigenvalue weighted by molar-refractivity contribution is 0.107. The molecular formula is C10H5Cl2NO3. The number of carbonyl (C=O) groups is 2. The first kappa shape index (κ1) is 12.5. The Morgan fingerprint density at radius 3 is 2.19 bits per heavy atom. The Morgan fingerprint density at radius 2 is 1.81 bits per heavy atom. The Hall–Kier alpha value is -1.57. The Bertz CT molecular complexity index is 447. The van der Waals surface area contributed by atoms with Crippen LogP contribution in [0.15, 0.2) is 12.1 Å². The summed E-state index contributed by atoms with van der Waals surface area (Å²) in [6.45, 7) is -0.00412. The molecule has 16 heavy (non-hydrogen) atoms. The molecular weight excluding hydrogens is 253 g/mol. The van der Waals surface area contributed by atoms with Gasteiger partial charge in [-0.25, -0.2) is 4.98 Å². The minimum absolute atomic E-state index is 0.00412. The largest absolute Gasteiger partial charge is 0.481 e. The van der Waals surface area contributed by atoms with E-state index in [4.69, 9.17) is 34.4 Å². The SMILES string of the molecule is C#CCOc1cc(C(=O)Cl)nc(C(=O)Cl)c1. The standard InChI is InChI=1S/C10H5Cl2NO3/c1-2-3-16-6-4-7(9(11)14)13-8(5-6)10(12)15/h1,4-5H,3H2. The van der Waals surface area contributed by atoms with Crippen molar-refractivity contribution in [1.82, 2.24) is 4.98 Å². The summed E-state index contributed by atoms with van der Waals surface area (Å²) in [7, 11) is 0. The minimum Gasteiger partial charge on any atom is -0.481 e. The van der Waals surface area contributed by atoms with E-state index in [-0.39, 0.29) is 23.7 Å². The predicted molar refractivity (Wildman–Crippen MR) is 58.9 cm³/mol. The van der Waals surface area contributed by atoms with E-state index in [1.165, 1.54) is 12.1 Å². The number of terminal acetylenes is 1. The molecule has 1 aromatic rings. The number of ether oxygens (including phenoxy) is 1. The molecule has 0 amide bonds. The van der Waals surface area contributed by atoms with E-state index >= 15 is 0 Å². The highest BCUT2D eigenvalue weighted by molar-refractivity contribution is 6.68. The normalized spacial score (nSPS) is 9.31. The van der Waals surface area contributed by atoms with Gasteiger partial charge in [0.1, 0.15) is 23.7 Å². The monoisotopic (exact) mass is 257 g/mol. The smallest absolute Gasteiger partial charge is 0.270 e. The molecule has 0 N–H and O–H groups in total. The van der Waals surface area contributed by atoms with Gasteiger partial charge in [0.05, 0.1) is 0 Å². The fraction of sp³-hybridized carbons (Fsp3) is 0.100. The summed E-state index contributed by atoms with van der Waals surface area (Å²) >= 11 is 10.5. The van der Waals surface area contributed by atoms with Gasteiger partial charge in [-0.05, 0) is 23.2 Å². The zero-order chi connectivity index (χ0) is 12.1. The summed E-state index contributed by atoms with van der Waals surface area (Å²) in [4.78, 5) is 25.4. The van der Waals surface area contributed by atoms with E-state index in [0.717, 1.165) is 0 Å². The van der Waals surface area contributed by atoms with Gasteiger partial charge in [-0.3, -0.25) is 9.59 Å². The van der Waals surface area contributed by atoms with Crippen LogP contribution in [0.4, 0.5) is 0 Å². The number of carbonyl (C=O) groups excluding carboxylic acids is 2. The lowest BCUT2D eigenvalue weighted by Crippen LogP contribution is -2.04. The third kappa shape index (κ3) is 3.23. The van der Waals surface area contributed by atoms with Crippen LogP contribution in [-0.2, 0) is 0 Å². The minimum atomic E-state index is -0.815. The molecule has 0 fully saturated rings. The van der Waals surface area contributed by atoms with Crippen molar-refractivity contribution in [2.24, 2.45) is 0 Å². The van der Waals surface area contributed by atoms with Crippen molar-refractivity contribution >= 4 is 33.7 Å². The summed E-state index contributed by atoms with van der Waals surface area (Å²) in [5.74, 6) is 2.44. The van der Waals surface area contributed by atoms with E-state index in [0.29, 0.717) is 0 Å². The first-order valence-electron chi connectivity index (χ1n) is 4.02. The average Bonchev–Trinajstić information content (AvgIpc) is 2.25. The van der Waals surface area contributed by atoms with Gasteiger partial charge in [-0.2, -0.15) is 0 Å². The summed E-state index contributed by atoms with van der Waals surface area (Å²) in [6.07, 6.45) is 5.00. The molecule has 0 aromatic carbocycles. The van der Waals surface area contributed by atoms with Crippen LogP contribution in [0.25, 0.3) is 0 Å². The molecule has 0 aliphatic carbocycles. The number of rotatable bonds is 4. The predicted octanol–water partition coefficient (Wildman–Crippen LogP) is 1.85. The van der Waals surface area contributed by atoms with Gasteiger partial charge in [0.15, 0.2) is 0 Å². The highest BCUT2D eigenvalue weighted by Gasteiger charge is 2.12. The topological polar surface area (TPSA) is 56.3 Å². The van der Waals surface area contributed by atoms with Crippen molar-refractivity contribution in [2.75, 3.05) is 6.61 Å². The summed E-state index contributed by atoms with van der Waals surface area (Å²) in [6, 6.07) is 2.55. The molecule has 6 heteroatoms. The van der Waals surface area contributed by atoms with Crippen LogP contribution in [0.3, 0.4) is 0 Å². The molecule has 0 bridgehead atoms. The Kier molecular flexibility index (Phi) is 4.29. The Labute approximate surface area is 102 Å². The molecule has 0 unspecified atom stereocenters. The fourth-order valence-electron chi connectivity index (χ4n) is 0.915. The molecule has 0 saturated carbocycles. The van der Waals surface area contributed by atoms with Crippen LogP contribution < -0.4 is 4.74 Å². The van der Waals surface area contributed by atoms with Crippen LogP contribution in [0.5, 0.6) is 5.75 Å². The lowest BCUT2D eigenvalue weighted by atomic mass is 10.3. The Balaban J connectivity index is 3.14. The van der Waals surface area contributed by atoms with Crippen molar-refractivity contribution in [2.45, 2.75) is 0 Å². The maximum atomic E-state index is 10.9. The zero-order valence-corrected chi connectivity index (χ0v) is 9.38. The van der Waals surface area contributed by atoms with E-state index in [9.17, 15) is 9.59 Å². The van der Waals surface area contributed by atoms with Crippen LogP contribution in [0, 0.1) is 12.3 Å². The molecule has 1 aromatic heterocycles. The zero-order valence-electron chi connectivity index (χ0n) is 7.87. The quantitative estimate of drug-likeness (QED) is 0.610. The first-order chi connectivity index (χ1) is 7.54. The van der Waals surface area contributed by atoms with Crippen molar-refractivity contribution in [3.63, 3.8) is 0 Å². The number of hydrogen-bond acceptors (Lipinski definition) is 4. The summed E-state index contributed by atoms with van der Waals surface area (Å²) in [5.41, 5.74) is -0.250. The third-order valence-corrected chi connectivity index (χ3v) is 1.91. The van der Waals surface area contributed by atoms with E-state index in [1.54, 1.807) is 0 Å². The molecule has 0 atom stereocenters. The van der Waals surface area contributed by atoms with Crippen LogP contribution in [0.1, 0.15) is 21.0 Å². The fourth-order valence-corrected chi connectivity index (χ4v) is 1.11. The second-order valence-corrected chi connectivity index (χ2v) is 3.30. The van der Waals surface area contributed by atoms with Gasteiger partial charge in [-0.15, -0.1) is 6.42 Å². The van der Waals surface area contributed by atoms with E-state index in [1.807, 2.05) is 0 Å². The number of pyridine rings is 1. The van der Waals surface area contributed by atoms with Crippen molar-refractivity contribution in [3.8, 4) is 18.1 Å². The molecule has 0 aliphatic rings. The number of hydrogen-bond donors (Lipinski definition) is 0. The number of nitrogens with zero attached hydrogens (tertiary/aromatic N) is 1. The van der Waals surface area contributed by atoms with E-state index in [2.05, 4.69) is 10.9 Å². The highest BCUT2D eigenvalue weighted by atomic mass is 35.5. The molecule has 4 nitrogen and oxygen atoms in total. The number of halogens is 2. The average molecular weight is 258 g/mol.